The summed E-state index contributed by atoms with van der Waals surface area (Å²) < 4.78 is 7.08. The first-order chi connectivity index (χ1) is 11.1. The minimum atomic E-state index is 0. The topological polar surface area (TPSA) is 77.5 Å². The van der Waals surface area contributed by atoms with E-state index >= 15 is 0 Å². The predicted molar refractivity (Wildman–Crippen MR) is 109 cm³/mol. The molecule has 0 aliphatic heterocycles. The number of aliphatic imine (C=N–C) groups is 1. The van der Waals surface area contributed by atoms with Crippen LogP contribution < -0.4 is 15.8 Å². The Balaban J connectivity index is 0.00000288. The zero-order chi connectivity index (χ0) is 16.8. The number of rotatable bonds is 6. The van der Waals surface area contributed by atoms with E-state index in [4.69, 9.17) is 10.5 Å². The van der Waals surface area contributed by atoms with Crippen molar-refractivity contribution < 1.29 is 4.74 Å². The fraction of sp³-hybridized carbons (Fsp3) is 0.412. The lowest BCUT2D eigenvalue weighted by molar-refractivity contribution is 0.415. The lowest BCUT2D eigenvalue weighted by Crippen LogP contribution is -2.22. The van der Waals surface area contributed by atoms with Crippen molar-refractivity contribution in [3.63, 3.8) is 0 Å². The van der Waals surface area contributed by atoms with Crippen molar-refractivity contribution in [2.45, 2.75) is 33.2 Å². The van der Waals surface area contributed by atoms with E-state index in [2.05, 4.69) is 29.3 Å². The van der Waals surface area contributed by atoms with E-state index in [1.54, 1.807) is 7.11 Å². The Bertz CT molecular complexity index is 679. The number of ether oxygens (including phenoxy) is 1. The molecule has 24 heavy (non-hydrogen) atoms. The molecule has 0 radical (unpaired) electrons. The van der Waals surface area contributed by atoms with Gasteiger partial charge in [-0.2, -0.15) is 5.10 Å². The van der Waals surface area contributed by atoms with Crippen molar-refractivity contribution in [2.24, 2.45) is 17.8 Å². The van der Waals surface area contributed by atoms with Crippen molar-refractivity contribution in [2.75, 3.05) is 12.4 Å². The number of anilines is 1. The molecule has 0 unspecified atom stereocenters. The highest BCUT2D eigenvalue weighted by molar-refractivity contribution is 14.0. The maximum Gasteiger partial charge on any atom is 0.193 e. The van der Waals surface area contributed by atoms with Crippen LogP contribution in [0.4, 0.5) is 5.69 Å². The molecule has 0 spiro atoms. The number of hydrogen-bond acceptors (Lipinski definition) is 3. The standard InChI is InChI=1S/C17H25N5O.HI/c1-5-15-14(16(6-2)22(3)21-15)11-19-17(18)20-12-7-9-13(23-4)10-8-12;/h7-10H,5-6,11H2,1-4H3,(H3,18,19,20);1H. The Morgan fingerprint density at radius 3 is 2.46 bits per heavy atom. The summed E-state index contributed by atoms with van der Waals surface area (Å²) in [4.78, 5) is 4.46. The Morgan fingerprint density at radius 1 is 1.25 bits per heavy atom. The minimum Gasteiger partial charge on any atom is -0.497 e. The molecule has 0 saturated heterocycles. The second-order valence-electron chi connectivity index (χ2n) is 5.26. The number of halogens is 1. The zero-order valence-corrected chi connectivity index (χ0v) is 17.0. The van der Waals surface area contributed by atoms with Gasteiger partial charge >= 0.3 is 0 Å². The zero-order valence-electron chi connectivity index (χ0n) is 14.7. The molecule has 0 atom stereocenters. The van der Waals surface area contributed by atoms with Crippen LogP contribution >= 0.6 is 24.0 Å². The normalized spacial score (nSPS) is 11.1. The van der Waals surface area contributed by atoms with Gasteiger partial charge in [-0.3, -0.25) is 4.68 Å². The summed E-state index contributed by atoms with van der Waals surface area (Å²) >= 11 is 0. The third-order valence-electron chi connectivity index (χ3n) is 3.80. The lowest BCUT2D eigenvalue weighted by Gasteiger charge is -2.07. The molecule has 0 fully saturated rings. The number of nitrogens with zero attached hydrogens (tertiary/aromatic N) is 3. The predicted octanol–water partition coefficient (Wildman–Crippen LogP) is 3.10. The summed E-state index contributed by atoms with van der Waals surface area (Å²) in [6.07, 6.45) is 1.82. The van der Waals surface area contributed by atoms with Crippen LogP contribution in [0.15, 0.2) is 29.3 Å². The van der Waals surface area contributed by atoms with Crippen LogP contribution in [0.5, 0.6) is 5.75 Å². The van der Waals surface area contributed by atoms with Crippen LogP contribution in [0.3, 0.4) is 0 Å². The monoisotopic (exact) mass is 443 g/mol. The molecule has 0 saturated carbocycles. The van der Waals surface area contributed by atoms with E-state index in [1.807, 2.05) is 36.0 Å². The van der Waals surface area contributed by atoms with Crippen LogP contribution in [0.1, 0.15) is 30.8 Å². The fourth-order valence-electron chi connectivity index (χ4n) is 2.60. The molecule has 7 heteroatoms. The summed E-state index contributed by atoms with van der Waals surface area (Å²) in [5.74, 6) is 1.20. The molecule has 3 N–H and O–H groups in total. The van der Waals surface area contributed by atoms with Gasteiger partial charge in [-0.15, -0.1) is 24.0 Å². The van der Waals surface area contributed by atoms with E-state index in [9.17, 15) is 0 Å². The molecule has 0 aliphatic carbocycles. The number of guanidine groups is 1. The van der Waals surface area contributed by atoms with Gasteiger partial charge in [-0.1, -0.05) is 13.8 Å². The van der Waals surface area contributed by atoms with Crippen molar-refractivity contribution in [1.82, 2.24) is 9.78 Å². The Hall–Kier alpha value is -1.77. The smallest absolute Gasteiger partial charge is 0.193 e. The van der Waals surface area contributed by atoms with E-state index in [0.717, 1.165) is 30.0 Å². The van der Waals surface area contributed by atoms with E-state index in [1.165, 1.54) is 11.3 Å². The van der Waals surface area contributed by atoms with Gasteiger partial charge in [0.05, 0.1) is 19.3 Å². The number of nitrogens with one attached hydrogen (secondary N) is 1. The second-order valence-corrected chi connectivity index (χ2v) is 5.26. The van der Waals surface area contributed by atoms with Gasteiger partial charge in [0.25, 0.3) is 0 Å². The molecule has 0 bridgehead atoms. The number of aromatic nitrogens is 2. The van der Waals surface area contributed by atoms with Gasteiger partial charge in [-0.25, -0.2) is 4.99 Å². The third-order valence-corrected chi connectivity index (χ3v) is 3.80. The Kier molecular flexibility index (Phi) is 8.03. The number of benzene rings is 1. The average molecular weight is 443 g/mol. The molecule has 2 rings (SSSR count). The van der Waals surface area contributed by atoms with Crippen LogP contribution in [-0.4, -0.2) is 22.8 Å². The molecular formula is C17H26IN5O. The summed E-state index contributed by atoms with van der Waals surface area (Å²) in [6.45, 7) is 4.77. The van der Waals surface area contributed by atoms with Gasteiger partial charge in [-0.05, 0) is 37.1 Å². The van der Waals surface area contributed by atoms with Crippen molar-refractivity contribution in [1.29, 1.82) is 0 Å². The molecule has 0 aliphatic rings. The van der Waals surface area contributed by atoms with Crippen molar-refractivity contribution >= 4 is 35.6 Å². The fourth-order valence-corrected chi connectivity index (χ4v) is 2.60. The van der Waals surface area contributed by atoms with Gasteiger partial charge in [0.15, 0.2) is 5.96 Å². The Morgan fingerprint density at radius 2 is 1.92 bits per heavy atom. The lowest BCUT2D eigenvalue weighted by atomic mass is 10.1. The number of hydrogen-bond donors (Lipinski definition) is 2. The summed E-state index contributed by atoms with van der Waals surface area (Å²) in [5.41, 5.74) is 10.4. The second kappa shape index (κ2) is 9.51. The summed E-state index contributed by atoms with van der Waals surface area (Å²) in [7, 11) is 3.62. The van der Waals surface area contributed by atoms with Crippen LogP contribution in [-0.2, 0) is 26.4 Å². The molecule has 1 aromatic heterocycles. The molecule has 6 nitrogen and oxygen atoms in total. The van der Waals surface area contributed by atoms with Crippen molar-refractivity contribution in [3.05, 3.63) is 41.2 Å². The average Bonchev–Trinajstić information content (AvgIpc) is 2.88. The third kappa shape index (κ3) is 4.86. The van der Waals surface area contributed by atoms with Crippen LogP contribution in [0.2, 0.25) is 0 Å². The van der Waals surface area contributed by atoms with Crippen LogP contribution in [0, 0.1) is 0 Å². The Labute approximate surface area is 160 Å². The van der Waals surface area contributed by atoms with Gasteiger partial charge in [0, 0.05) is 24.0 Å². The number of aryl methyl sites for hydroxylation is 2. The van der Waals surface area contributed by atoms with E-state index in [-0.39, 0.29) is 24.0 Å². The highest BCUT2D eigenvalue weighted by atomic mass is 127. The summed E-state index contributed by atoms with van der Waals surface area (Å²) in [5, 5.41) is 7.64. The maximum absolute atomic E-state index is 5.99. The molecule has 2 aromatic rings. The molecule has 1 aromatic carbocycles. The minimum absolute atomic E-state index is 0. The van der Waals surface area contributed by atoms with Crippen LogP contribution in [0.25, 0.3) is 0 Å². The largest absolute Gasteiger partial charge is 0.497 e. The van der Waals surface area contributed by atoms with E-state index < -0.39 is 0 Å². The maximum atomic E-state index is 5.99. The first-order valence-electron chi connectivity index (χ1n) is 7.83. The molecule has 132 valence electrons. The number of nitrogens with two attached hydrogens (primary N) is 1. The highest BCUT2D eigenvalue weighted by Crippen LogP contribution is 2.17. The molecule has 0 amide bonds. The SMILES string of the molecule is CCc1nn(C)c(CC)c1CN=C(N)Nc1ccc(OC)cc1.I. The molecular weight excluding hydrogens is 417 g/mol. The van der Waals surface area contributed by atoms with Gasteiger partial charge in [0.2, 0.25) is 0 Å². The van der Waals surface area contributed by atoms with Gasteiger partial charge in [0.1, 0.15) is 5.75 Å². The van der Waals surface area contributed by atoms with Gasteiger partial charge < -0.3 is 15.8 Å². The molecule has 1 heterocycles. The summed E-state index contributed by atoms with van der Waals surface area (Å²) in [6, 6.07) is 7.56. The van der Waals surface area contributed by atoms with E-state index in [0.29, 0.717) is 12.5 Å². The van der Waals surface area contributed by atoms with Crippen molar-refractivity contribution in [3.8, 4) is 5.75 Å². The first-order valence-corrected chi connectivity index (χ1v) is 7.83. The number of methoxy groups -OCH3 is 1. The quantitative estimate of drug-likeness (QED) is 0.409. The highest BCUT2D eigenvalue weighted by Gasteiger charge is 2.12. The first kappa shape index (κ1) is 20.3.